The minimum Gasteiger partial charge on any atom is -0.494 e. The van der Waals surface area contributed by atoms with Gasteiger partial charge in [0.25, 0.3) is 0 Å². The number of anilines is 1. The molecular formula is C16H16FNO2. The van der Waals surface area contributed by atoms with Crippen molar-refractivity contribution in [3.8, 4) is 5.75 Å². The van der Waals surface area contributed by atoms with E-state index in [1.807, 2.05) is 31.2 Å². The van der Waals surface area contributed by atoms with E-state index < -0.39 is 5.82 Å². The zero-order valence-corrected chi connectivity index (χ0v) is 11.4. The molecule has 0 unspecified atom stereocenters. The molecule has 0 saturated carbocycles. The third kappa shape index (κ3) is 3.35. The molecule has 104 valence electrons. The molecule has 2 aromatic rings. The predicted octanol–water partition coefficient (Wildman–Crippen LogP) is 3.44. The van der Waals surface area contributed by atoms with Crippen LogP contribution in [0.1, 0.15) is 15.9 Å². The van der Waals surface area contributed by atoms with Gasteiger partial charge in [0.1, 0.15) is 0 Å². The number of hydrogen-bond donors (Lipinski definition) is 1. The first kappa shape index (κ1) is 14.1. The molecule has 0 saturated heterocycles. The van der Waals surface area contributed by atoms with Crippen molar-refractivity contribution in [2.45, 2.75) is 6.92 Å². The van der Waals surface area contributed by atoms with Gasteiger partial charge >= 0.3 is 0 Å². The maximum absolute atomic E-state index is 13.5. The van der Waals surface area contributed by atoms with Crippen molar-refractivity contribution in [2.75, 3.05) is 19.0 Å². The minimum atomic E-state index is -0.534. The van der Waals surface area contributed by atoms with Crippen LogP contribution in [0.3, 0.4) is 0 Å². The molecule has 2 aromatic carbocycles. The number of carbonyl (C=O) groups excluding carboxylic acids is 1. The van der Waals surface area contributed by atoms with Crippen LogP contribution in [0.15, 0.2) is 42.5 Å². The molecule has 0 aliphatic heterocycles. The fourth-order valence-corrected chi connectivity index (χ4v) is 1.80. The Kier molecular flexibility index (Phi) is 4.35. The van der Waals surface area contributed by atoms with Crippen LogP contribution < -0.4 is 10.1 Å². The molecule has 0 radical (unpaired) electrons. The lowest BCUT2D eigenvalue weighted by Gasteiger charge is -2.07. The Morgan fingerprint density at radius 2 is 1.90 bits per heavy atom. The third-order valence-corrected chi connectivity index (χ3v) is 2.98. The average Bonchev–Trinajstić information content (AvgIpc) is 2.46. The van der Waals surface area contributed by atoms with Gasteiger partial charge in [-0.15, -0.1) is 0 Å². The van der Waals surface area contributed by atoms with Crippen molar-refractivity contribution in [3.05, 3.63) is 59.4 Å². The summed E-state index contributed by atoms with van der Waals surface area (Å²) in [6.45, 7) is 2.11. The summed E-state index contributed by atoms with van der Waals surface area (Å²) < 4.78 is 18.3. The van der Waals surface area contributed by atoms with Crippen LogP contribution in [-0.4, -0.2) is 19.4 Å². The Labute approximate surface area is 117 Å². The van der Waals surface area contributed by atoms with Crippen molar-refractivity contribution in [1.29, 1.82) is 0 Å². The number of ketones is 1. The zero-order valence-electron chi connectivity index (χ0n) is 11.4. The Hall–Kier alpha value is -2.36. The monoisotopic (exact) mass is 273 g/mol. The number of methoxy groups -OCH3 is 1. The lowest BCUT2D eigenvalue weighted by atomic mass is 10.1. The van der Waals surface area contributed by atoms with Gasteiger partial charge in [-0.2, -0.15) is 0 Å². The summed E-state index contributed by atoms with van der Waals surface area (Å²) >= 11 is 0. The molecule has 1 N–H and O–H groups in total. The number of hydrogen-bond acceptors (Lipinski definition) is 3. The molecule has 2 rings (SSSR count). The maximum Gasteiger partial charge on any atom is 0.181 e. The van der Waals surface area contributed by atoms with Crippen LogP contribution in [0, 0.1) is 12.7 Å². The van der Waals surface area contributed by atoms with Gasteiger partial charge in [0, 0.05) is 11.3 Å². The standard InChI is InChI=1S/C16H16FNO2/c1-11-3-6-13(7-4-11)18-10-15(19)12-5-8-16(20-2)14(17)9-12/h3-9,18H,10H2,1-2H3. The van der Waals surface area contributed by atoms with Gasteiger partial charge in [0.2, 0.25) is 0 Å². The number of rotatable bonds is 5. The molecule has 0 heterocycles. The van der Waals surface area contributed by atoms with Crippen LogP contribution in [0.2, 0.25) is 0 Å². The van der Waals surface area contributed by atoms with E-state index in [0.717, 1.165) is 11.3 Å². The summed E-state index contributed by atoms with van der Waals surface area (Å²) in [7, 11) is 1.39. The van der Waals surface area contributed by atoms with E-state index in [0.29, 0.717) is 5.56 Å². The van der Waals surface area contributed by atoms with Gasteiger partial charge in [0.05, 0.1) is 13.7 Å². The van der Waals surface area contributed by atoms with Crippen molar-refractivity contribution in [1.82, 2.24) is 0 Å². The lowest BCUT2D eigenvalue weighted by Crippen LogP contribution is -2.14. The highest BCUT2D eigenvalue weighted by Gasteiger charge is 2.09. The highest BCUT2D eigenvalue weighted by Crippen LogP contribution is 2.18. The fourth-order valence-electron chi connectivity index (χ4n) is 1.80. The average molecular weight is 273 g/mol. The van der Waals surface area contributed by atoms with E-state index in [9.17, 15) is 9.18 Å². The number of nitrogens with one attached hydrogen (secondary N) is 1. The highest BCUT2D eigenvalue weighted by atomic mass is 19.1. The number of halogens is 1. The zero-order chi connectivity index (χ0) is 14.5. The van der Waals surface area contributed by atoms with E-state index in [1.54, 1.807) is 6.07 Å². The Bertz CT molecular complexity index is 608. The number of aryl methyl sites for hydroxylation is 1. The number of ether oxygens (including phenoxy) is 1. The van der Waals surface area contributed by atoms with E-state index in [1.165, 1.54) is 19.2 Å². The first-order valence-corrected chi connectivity index (χ1v) is 6.27. The second-order valence-electron chi connectivity index (χ2n) is 4.49. The fraction of sp³-hybridized carbons (Fsp3) is 0.188. The summed E-state index contributed by atoms with van der Waals surface area (Å²) in [6, 6.07) is 11.9. The van der Waals surface area contributed by atoms with Crippen LogP contribution in [-0.2, 0) is 0 Å². The molecule has 3 nitrogen and oxygen atoms in total. The Morgan fingerprint density at radius 1 is 1.20 bits per heavy atom. The van der Waals surface area contributed by atoms with E-state index in [2.05, 4.69) is 5.32 Å². The summed E-state index contributed by atoms with van der Waals surface area (Å²) in [5.74, 6) is -0.575. The summed E-state index contributed by atoms with van der Waals surface area (Å²) in [4.78, 5) is 12.0. The van der Waals surface area contributed by atoms with Crippen molar-refractivity contribution in [2.24, 2.45) is 0 Å². The normalized spacial score (nSPS) is 10.2. The molecular weight excluding hydrogens is 257 g/mol. The third-order valence-electron chi connectivity index (χ3n) is 2.98. The highest BCUT2D eigenvalue weighted by molar-refractivity contribution is 5.99. The summed E-state index contributed by atoms with van der Waals surface area (Å²) in [5.41, 5.74) is 2.33. The Morgan fingerprint density at radius 3 is 2.50 bits per heavy atom. The number of benzene rings is 2. The van der Waals surface area contributed by atoms with Crippen LogP contribution >= 0.6 is 0 Å². The molecule has 0 aliphatic carbocycles. The smallest absolute Gasteiger partial charge is 0.181 e. The minimum absolute atomic E-state index is 0.120. The largest absolute Gasteiger partial charge is 0.494 e. The van der Waals surface area contributed by atoms with Gasteiger partial charge < -0.3 is 10.1 Å². The van der Waals surface area contributed by atoms with E-state index in [-0.39, 0.29) is 18.1 Å². The molecule has 0 atom stereocenters. The molecule has 0 aromatic heterocycles. The SMILES string of the molecule is COc1ccc(C(=O)CNc2ccc(C)cc2)cc1F. The van der Waals surface area contributed by atoms with Gasteiger partial charge in [-0.05, 0) is 37.3 Å². The van der Waals surface area contributed by atoms with E-state index in [4.69, 9.17) is 4.74 Å². The number of carbonyl (C=O) groups is 1. The van der Waals surface area contributed by atoms with Gasteiger partial charge in [-0.3, -0.25) is 4.79 Å². The second kappa shape index (κ2) is 6.19. The lowest BCUT2D eigenvalue weighted by molar-refractivity contribution is 0.101. The molecule has 0 fully saturated rings. The van der Waals surface area contributed by atoms with Gasteiger partial charge in [0.15, 0.2) is 17.3 Å². The van der Waals surface area contributed by atoms with Crippen LogP contribution in [0.5, 0.6) is 5.75 Å². The van der Waals surface area contributed by atoms with E-state index >= 15 is 0 Å². The predicted molar refractivity (Wildman–Crippen MR) is 77.0 cm³/mol. The van der Waals surface area contributed by atoms with Crippen LogP contribution in [0.25, 0.3) is 0 Å². The number of Topliss-reactive ketones (excluding diaryl/α,β-unsaturated/α-hetero) is 1. The molecule has 0 spiro atoms. The molecule has 0 amide bonds. The van der Waals surface area contributed by atoms with Crippen molar-refractivity contribution >= 4 is 11.5 Å². The Balaban J connectivity index is 2.01. The molecule has 0 bridgehead atoms. The van der Waals surface area contributed by atoms with Crippen molar-refractivity contribution < 1.29 is 13.9 Å². The summed E-state index contributed by atoms with van der Waals surface area (Å²) in [6.07, 6.45) is 0. The second-order valence-corrected chi connectivity index (χ2v) is 4.49. The van der Waals surface area contributed by atoms with Gasteiger partial charge in [-0.25, -0.2) is 4.39 Å². The van der Waals surface area contributed by atoms with Gasteiger partial charge in [-0.1, -0.05) is 17.7 Å². The van der Waals surface area contributed by atoms with Crippen molar-refractivity contribution in [3.63, 3.8) is 0 Å². The maximum atomic E-state index is 13.5. The van der Waals surface area contributed by atoms with Crippen LogP contribution in [0.4, 0.5) is 10.1 Å². The quantitative estimate of drug-likeness (QED) is 0.848. The first-order chi connectivity index (χ1) is 9.60. The molecule has 4 heteroatoms. The molecule has 20 heavy (non-hydrogen) atoms. The molecule has 0 aliphatic rings. The first-order valence-electron chi connectivity index (χ1n) is 6.27. The topological polar surface area (TPSA) is 38.3 Å². The summed E-state index contributed by atoms with van der Waals surface area (Å²) in [5, 5.41) is 3.01.